The quantitative estimate of drug-likeness (QED) is 0.297. The van der Waals surface area contributed by atoms with Crippen molar-refractivity contribution in [2.24, 2.45) is 0 Å². The number of aliphatic carboxylic acids is 1. The van der Waals surface area contributed by atoms with E-state index in [1.54, 1.807) is 18.2 Å². The maximum atomic E-state index is 13.4. The van der Waals surface area contributed by atoms with Crippen molar-refractivity contribution in [3.8, 4) is 17.2 Å². The van der Waals surface area contributed by atoms with Crippen LogP contribution < -0.4 is 4.74 Å². The fourth-order valence-electron chi connectivity index (χ4n) is 5.49. The lowest BCUT2D eigenvalue weighted by Gasteiger charge is -2.41. The van der Waals surface area contributed by atoms with Gasteiger partial charge in [-0.25, -0.2) is 4.79 Å². The number of ether oxygens (including phenoxy) is 1. The van der Waals surface area contributed by atoms with Gasteiger partial charge in [-0.1, -0.05) is 41.5 Å². The number of aliphatic hydroxyl groups excluding tert-OH is 1. The molecule has 0 saturated carbocycles. The van der Waals surface area contributed by atoms with Gasteiger partial charge in [0.25, 0.3) is 5.91 Å². The van der Waals surface area contributed by atoms with E-state index >= 15 is 0 Å². The number of carboxylic acids is 1. The second-order valence-electron chi connectivity index (χ2n) is 11.4. The number of hydrogen-bond donors (Lipinski definition) is 4. The monoisotopic (exact) mass is 549 g/mol. The Bertz CT molecular complexity index is 1360. The number of aliphatic hydroxyl groups is 1. The molecule has 0 radical (unpaired) electrons. The van der Waals surface area contributed by atoms with Crippen LogP contribution in [0.2, 0.25) is 0 Å². The van der Waals surface area contributed by atoms with Gasteiger partial charge >= 0.3 is 5.97 Å². The van der Waals surface area contributed by atoms with E-state index in [9.17, 15) is 30.0 Å². The van der Waals surface area contributed by atoms with Gasteiger partial charge in [-0.05, 0) is 71.1 Å². The summed E-state index contributed by atoms with van der Waals surface area (Å²) in [5, 5.41) is 42.0. The van der Waals surface area contributed by atoms with E-state index in [1.807, 2.05) is 6.92 Å². The van der Waals surface area contributed by atoms with Gasteiger partial charge in [-0.3, -0.25) is 4.79 Å². The smallest absolute Gasteiger partial charge is 0.326 e. The first kappa shape index (κ1) is 29.2. The molecular weight excluding hydrogens is 510 g/mol. The first-order chi connectivity index (χ1) is 18.9. The van der Waals surface area contributed by atoms with E-state index in [1.165, 1.54) is 28.2 Å². The molecule has 0 bridgehead atoms. The number of aromatic hydroxyl groups is 2. The van der Waals surface area contributed by atoms with Gasteiger partial charge in [-0.2, -0.15) is 0 Å². The number of allylic oxidation sites excluding steroid dienone is 4. The molecule has 0 aliphatic carbocycles. The van der Waals surface area contributed by atoms with Crippen LogP contribution in [0.3, 0.4) is 0 Å². The van der Waals surface area contributed by atoms with E-state index in [-0.39, 0.29) is 36.4 Å². The van der Waals surface area contributed by atoms with Gasteiger partial charge < -0.3 is 30.1 Å². The molecular formula is C32H39NO7. The van der Waals surface area contributed by atoms with E-state index < -0.39 is 29.6 Å². The Balaban J connectivity index is 1.57. The number of carboxylic acid groups (broad SMARTS) is 1. The molecule has 8 nitrogen and oxygen atoms in total. The highest BCUT2D eigenvalue weighted by molar-refractivity contribution is 6.02. The van der Waals surface area contributed by atoms with E-state index in [0.29, 0.717) is 35.3 Å². The zero-order valence-electron chi connectivity index (χ0n) is 23.6. The number of fused-ring (bicyclic) bond motifs is 3. The first-order valence-corrected chi connectivity index (χ1v) is 13.8. The predicted molar refractivity (Wildman–Crippen MR) is 152 cm³/mol. The van der Waals surface area contributed by atoms with Crippen LogP contribution in [0.1, 0.15) is 80.4 Å². The van der Waals surface area contributed by atoms with Gasteiger partial charge in [0.1, 0.15) is 28.9 Å². The highest BCUT2D eigenvalue weighted by atomic mass is 16.5. The Hall–Kier alpha value is -3.78. The first-order valence-electron chi connectivity index (χ1n) is 13.8. The number of carbonyl (C=O) groups excluding carboxylic acids is 1. The molecule has 2 aliphatic rings. The van der Waals surface area contributed by atoms with Crippen LogP contribution in [0.4, 0.5) is 0 Å². The molecule has 1 amide bonds. The summed E-state index contributed by atoms with van der Waals surface area (Å²) in [4.78, 5) is 26.9. The molecule has 2 heterocycles. The third kappa shape index (κ3) is 6.02. The van der Waals surface area contributed by atoms with E-state index in [4.69, 9.17) is 4.74 Å². The molecule has 214 valence electrons. The van der Waals surface area contributed by atoms with Gasteiger partial charge in [0, 0.05) is 24.0 Å². The van der Waals surface area contributed by atoms with Crippen LogP contribution in [0.15, 0.2) is 53.6 Å². The minimum Gasteiger partial charge on any atom is -0.508 e. The Kier molecular flexibility index (Phi) is 8.59. The maximum Gasteiger partial charge on any atom is 0.326 e. The molecule has 0 aromatic heterocycles. The summed E-state index contributed by atoms with van der Waals surface area (Å²) in [7, 11) is 0. The van der Waals surface area contributed by atoms with Gasteiger partial charge in [0.05, 0.1) is 18.2 Å². The van der Waals surface area contributed by atoms with E-state index in [0.717, 1.165) is 12.8 Å². The molecule has 2 aromatic rings. The minimum absolute atomic E-state index is 0.0170. The molecule has 0 fully saturated rings. The summed E-state index contributed by atoms with van der Waals surface area (Å²) >= 11 is 0. The molecule has 2 aromatic carbocycles. The normalized spacial score (nSPS) is 20.9. The molecule has 40 heavy (non-hydrogen) atoms. The number of phenols is 2. The molecule has 0 spiro atoms. The second kappa shape index (κ2) is 11.8. The third-order valence-corrected chi connectivity index (χ3v) is 8.01. The zero-order chi connectivity index (χ0) is 29.2. The molecule has 2 aliphatic heterocycles. The minimum atomic E-state index is -1.23. The SMILES string of the molecule is CC(C)=CCCC(C)=CCCC1(C)Oc2c(c(O)cc3c2CN(C(Cc2ccccc2O)C(=O)O)C3=O)CC1O. The van der Waals surface area contributed by atoms with Gasteiger partial charge in [0.2, 0.25) is 0 Å². The summed E-state index contributed by atoms with van der Waals surface area (Å²) in [5.74, 6) is -1.58. The lowest BCUT2D eigenvalue weighted by atomic mass is 9.84. The molecule has 3 unspecified atom stereocenters. The standard InChI is InChI=1S/C32H39NO7/c1-19(2)9-7-10-20(3)11-8-14-32(4)28(36)17-23-27(35)16-22-24(29(23)40-32)18-33(30(22)37)25(31(38)39)15-21-12-5-6-13-26(21)34/h5-6,9,11-13,16,25,28,34-36H,7-8,10,14-15,17-18H2,1-4H3,(H,38,39). The Labute approximate surface area is 235 Å². The van der Waals surface area contributed by atoms with Gasteiger partial charge in [0.15, 0.2) is 0 Å². The number of phenolic OH excluding ortho intramolecular Hbond substituents is 2. The van der Waals surface area contributed by atoms with Crippen molar-refractivity contribution in [3.63, 3.8) is 0 Å². The molecule has 3 atom stereocenters. The Morgan fingerprint density at radius 1 is 1.12 bits per heavy atom. The topological polar surface area (TPSA) is 128 Å². The fraction of sp³-hybridized carbons (Fsp3) is 0.438. The molecule has 8 heteroatoms. The second-order valence-corrected chi connectivity index (χ2v) is 11.4. The van der Waals surface area contributed by atoms with Crippen LogP contribution in [0.5, 0.6) is 17.2 Å². The Morgan fingerprint density at radius 2 is 1.85 bits per heavy atom. The van der Waals surface area contributed by atoms with Crippen molar-refractivity contribution in [3.05, 3.63) is 75.9 Å². The number of carbonyl (C=O) groups is 2. The van der Waals surface area contributed by atoms with E-state index in [2.05, 4.69) is 32.9 Å². The van der Waals surface area contributed by atoms with Crippen LogP contribution >= 0.6 is 0 Å². The predicted octanol–water partition coefficient (Wildman–Crippen LogP) is 5.28. The van der Waals surface area contributed by atoms with Crippen LogP contribution in [0.25, 0.3) is 0 Å². The summed E-state index contributed by atoms with van der Waals surface area (Å²) in [5.41, 5.74) is 3.12. The Morgan fingerprint density at radius 3 is 2.52 bits per heavy atom. The number of hydrogen-bond acceptors (Lipinski definition) is 6. The van der Waals surface area contributed by atoms with Crippen molar-refractivity contribution in [1.82, 2.24) is 4.90 Å². The number of nitrogens with zero attached hydrogens (tertiary/aromatic N) is 1. The molecule has 4 rings (SSSR count). The zero-order valence-corrected chi connectivity index (χ0v) is 23.6. The maximum absolute atomic E-state index is 13.4. The van der Waals surface area contributed by atoms with Crippen LogP contribution in [-0.4, -0.2) is 54.9 Å². The average Bonchev–Trinajstić information content (AvgIpc) is 3.20. The average molecular weight is 550 g/mol. The number of benzene rings is 2. The van der Waals surface area contributed by atoms with Gasteiger partial charge in [-0.15, -0.1) is 0 Å². The van der Waals surface area contributed by atoms with Crippen molar-refractivity contribution in [2.75, 3.05) is 0 Å². The van der Waals surface area contributed by atoms with Crippen molar-refractivity contribution >= 4 is 11.9 Å². The van der Waals surface area contributed by atoms with Crippen molar-refractivity contribution in [1.29, 1.82) is 0 Å². The highest BCUT2D eigenvalue weighted by Crippen LogP contribution is 2.46. The summed E-state index contributed by atoms with van der Waals surface area (Å²) in [6, 6.07) is 6.55. The number of para-hydroxylation sites is 1. The van der Waals surface area contributed by atoms with Crippen LogP contribution in [-0.2, 0) is 24.2 Å². The number of rotatable bonds is 10. The lowest BCUT2D eigenvalue weighted by Crippen LogP contribution is -2.49. The summed E-state index contributed by atoms with van der Waals surface area (Å²) in [6.07, 6.45) is 6.73. The van der Waals surface area contributed by atoms with Crippen molar-refractivity contribution in [2.45, 2.75) is 90.5 Å². The largest absolute Gasteiger partial charge is 0.508 e. The van der Waals surface area contributed by atoms with Crippen molar-refractivity contribution < 1.29 is 34.8 Å². The molecule has 4 N–H and O–H groups in total. The third-order valence-electron chi connectivity index (χ3n) is 8.01. The highest BCUT2D eigenvalue weighted by Gasteiger charge is 2.45. The summed E-state index contributed by atoms with van der Waals surface area (Å²) < 4.78 is 6.41. The summed E-state index contributed by atoms with van der Waals surface area (Å²) in [6.45, 7) is 8.06. The number of amides is 1. The fourth-order valence-corrected chi connectivity index (χ4v) is 5.49. The van der Waals surface area contributed by atoms with Crippen LogP contribution in [0, 0.1) is 0 Å². The molecule has 0 saturated heterocycles. The lowest BCUT2D eigenvalue weighted by molar-refractivity contribution is -0.142.